The zero-order valence-corrected chi connectivity index (χ0v) is 28.9. The van der Waals surface area contributed by atoms with Crippen LogP contribution in [0.5, 0.6) is 0 Å². The molecule has 2 aromatic rings. The van der Waals surface area contributed by atoms with E-state index in [1.165, 1.54) is 4.90 Å². The van der Waals surface area contributed by atoms with E-state index in [9.17, 15) is 18.4 Å². The lowest BCUT2D eigenvalue weighted by Gasteiger charge is -2.42. The number of alkyl halides is 2. The predicted molar refractivity (Wildman–Crippen MR) is 175 cm³/mol. The van der Waals surface area contributed by atoms with Crippen LogP contribution in [0, 0.1) is 5.92 Å². The molecule has 3 aliphatic rings. The number of hydrogen-bond acceptors (Lipinski definition) is 3. The molecule has 0 unspecified atom stereocenters. The molecular formula is C34H44Cl2F2N2O3Si. The van der Waals surface area contributed by atoms with Gasteiger partial charge in [0.15, 0.2) is 8.32 Å². The van der Waals surface area contributed by atoms with Crippen LogP contribution in [0.2, 0.25) is 28.2 Å². The van der Waals surface area contributed by atoms with Crippen LogP contribution < -0.4 is 0 Å². The minimum Gasteiger partial charge on any atom is -0.414 e. The summed E-state index contributed by atoms with van der Waals surface area (Å²) >= 11 is 13.5. The van der Waals surface area contributed by atoms with E-state index in [1.807, 2.05) is 12.1 Å². The third kappa shape index (κ3) is 7.19. The first-order chi connectivity index (χ1) is 20.5. The molecule has 240 valence electrons. The van der Waals surface area contributed by atoms with Gasteiger partial charge in [-0.1, -0.05) is 56.1 Å². The first-order valence-electron chi connectivity index (χ1n) is 15.8. The molecule has 2 aliphatic heterocycles. The lowest BCUT2D eigenvalue weighted by Crippen LogP contribution is -2.47. The van der Waals surface area contributed by atoms with Crippen LogP contribution in [-0.2, 0) is 15.6 Å². The highest BCUT2D eigenvalue weighted by molar-refractivity contribution is 6.74. The van der Waals surface area contributed by atoms with Gasteiger partial charge in [0.1, 0.15) is 0 Å². The summed E-state index contributed by atoms with van der Waals surface area (Å²) in [6.07, 6.45) is 5.19. The lowest BCUT2D eigenvalue weighted by atomic mass is 9.92. The highest BCUT2D eigenvalue weighted by atomic mass is 35.5. The van der Waals surface area contributed by atoms with E-state index < -0.39 is 26.7 Å². The fourth-order valence-electron chi connectivity index (χ4n) is 6.49. The number of carbonyl (C=O) groups excluding carboxylic acids is 2. The molecule has 44 heavy (non-hydrogen) atoms. The van der Waals surface area contributed by atoms with Crippen molar-refractivity contribution in [2.24, 2.45) is 5.92 Å². The molecule has 0 radical (unpaired) electrons. The maximum absolute atomic E-state index is 13.6. The number of halogens is 4. The van der Waals surface area contributed by atoms with Crippen molar-refractivity contribution in [2.45, 2.75) is 102 Å². The number of carbonyl (C=O) groups is 2. The summed E-state index contributed by atoms with van der Waals surface area (Å²) in [5, 5.41) is 1.19. The molecule has 3 fully saturated rings. The Morgan fingerprint density at radius 3 is 2.14 bits per heavy atom. The van der Waals surface area contributed by atoms with Gasteiger partial charge in [0.25, 0.3) is 11.8 Å². The third-order valence-corrected chi connectivity index (χ3v) is 15.4. The molecule has 2 aromatic carbocycles. The summed E-state index contributed by atoms with van der Waals surface area (Å²) in [6, 6.07) is 10.8. The van der Waals surface area contributed by atoms with Crippen molar-refractivity contribution in [1.29, 1.82) is 0 Å². The van der Waals surface area contributed by atoms with Gasteiger partial charge in [0.2, 0.25) is 5.91 Å². The molecule has 0 N–H and O–H groups in total. The fourth-order valence-corrected chi connectivity index (χ4v) is 8.56. The van der Waals surface area contributed by atoms with Crippen molar-refractivity contribution in [2.75, 3.05) is 19.6 Å². The second-order valence-electron chi connectivity index (χ2n) is 14.4. The van der Waals surface area contributed by atoms with E-state index in [1.54, 1.807) is 24.3 Å². The highest BCUT2D eigenvalue weighted by Crippen LogP contribution is 2.41. The minimum absolute atomic E-state index is 0.0506. The third-order valence-electron chi connectivity index (χ3n) is 10.2. The van der Waals surface area contributed by atoms with Gasteiger partial charge in [0, 0.05) is 53.2 Å². The molecule has 5 rings (SSSR count). The molecule has 2 amide bonds. The van der Waals surface area contributed by atoms with Gasteiger partial charge in [-0.25, -0.2) is 8.78 Å². The van der Waals surface area contributed by atoms with Gasteiger partial charge in [-0.2, -0.15) is 0 Å². The van der Waals surface area contributed by atoms with Crippen molar-refractivity contribution >= 4 is 43.3 Å². The lowest BCUT2D eigenvalue weighted by molar-refractivity contribution is -0.133. The van der Waals surface area contributed by atoms with E-state index in [0.29, 0.717) is 22.0 Å². The number of amides is 2. The average molecular weight is 666 g/mol. The molecule has 1 saturated carbocycles. The Morgan fingerprint density at radius 1 is 0.977 bits per heavy atom. The van der Waals surface area contributed by atoms with Gasteiger partial charge in [-0.3, -0.25) is 9.59 Å². The quantitative estimate of drug-likeness (QED) is 0.278. The number of benzene rings is 2. The fraction of sp³-hybridized carbons (Fsp3) is 0.588. The zero-order valence-electron chi connectivity index (χ0n) is 26.4. The molecule has 0 spiro atoms. The van der Waals surface area contributed by atoms with E-state index in [0.717, 1.165) is 55.3 Å². The standard InChI is InChI=1S/C34H44Cl2F2N2O3Si/c1-33(2,3)44(4,5)43-27-12-10-26(11-13-27)40-16-14-24(32(40)42)18-28-29(35)19-25(20-30(28)36)22-6-8-23(9-7-22)31(41)39-17-15-34(37,38)21-39/h6-9,19-20,24,26-27H,10-18,21H2,1-5H3/t24-,26?,27?/m0/s1. The average Bonchev–Trinajstić information content (AvgIpc) is 3.51. The SMILES string of the molecule is CC(C)(C)[Si](C)(C)OC1CCC(N2CC[C@@H](Cc3c(Cl)cc(-c4ccc(C(=O)N5CCC(F)(F)C5)cc4)cc3Cl)C2=O)CC1. The zero-order chi connectivity index (χ0) is 32.0. The van der Waals surface area contributed by atoms with Gasteiger partial charge >= 0.3 is 0 Å². The Hall–Kier alpha value is -2.00. The smallest absolute Gasteiger partial charge is 0.267 e. The molecule has 2 saturated heterocycles. The van der Waals surface area contributed by atoms with Crippen LogP contribution in [0.15, 0.2) is 36.4 Å². The minimum atomic E-state index is -2.83. The number of nitrogens with zero attached hydrogens (tertiary/aromatic N) is 2. The summed E-state index contributed by atoms with van der Waals surface area (Å²) in [5.41, 5.74) is 2.72. The Balaban J connectivity index is 1.18. The number of hydrogen-bond donors (Lipinski definition) is 0. The number of likely N-dealkylation sites (tertiary alicyclic amines) is 2. The van der Waals surface area contributed by atoms with Gasteiger partial charge in [0.05, 0.1) is 6.54 Å². The topological polar surface area (TPSA) is 49.9 Å². The molecule has 1 atom stereocenters. The van der Waals surface area contributed by atoms with Crippen molar-refractivity contribution in [3.63, 3.8) is 0 Å². The van der Waals surface area contributed by atoms with Crippen molar-refractivity contribution in [1.82, 2.24) is 9.80 Å². The molecule has 10 heteroatoms. The molecule has 0 bridgehead atoms. The highest BCUT2D eigenvalue weighted by Gasteiger charge is 2.42. The van der Waals surface area contributed by atoms with Gasteiger partial charge < -0.3 is 14.2 Å². The molecular weight excluding hydrogens is 621 g/mol. The van der Waals surface area contributed by atoms with E-state index >= 15 is 0 Å². The maximum Gasteiger partial charge on any atom is 0.267 e. The van der Waals surface area contributed by atoms with Crippen molar-refractivity contribution in [3.8, 4) is 11.1 Å². The molecule has 1 aliphatic carbocycles. The first kappa shape index (κ1) is 33.4. The van der Waals surface area contributed by atoms with Crippen molar-refractivity contribution in [3.05, 3.63) is 57.6 Å². The molecule has 5 nitrogen and oxygen atoms in total. The normalized spacial score (nSPS) is 24.3. The predicted octanol–water partition coefficient (Wildman–Crippen LogP) is 8.87. The Kier molecular flexibility index (Phi) is 9.59. The van der Waals surface area contributed by atoms with E-state index in [-0.39, 0.29) is 42.0 Å². The van der Waals surface area contributed by atoms with Crippen LogP contribution in [0.1, 0.15) is 75.2 Å². The summed E-state index contributed by atoms with van der Waals surface area (Å²) in [6.45, 7) is 11.7. The van der Waals surface area contributed by atoms with Crippen LogP contribution >= 0.6 is 23.2 Å². The largest absolute Gasteiger partial charge is 0.414 e. The van der Waals surface area contributed by atoms with Crippen LogP contribution in [-0.4, -0.2) is 67.6 Å². The second kappa shape index (κ2) is 12.7. The van der Waals surface area contributed by atoms with Crippen LogP contribution in [0.25, 0.3) is 11.1 Å². The molecule has 2 heterocycles. The van der Waals surface area contributed by atoms with Gasteiger partial charge in [-0.05, 0) is 97.6 Å². The van der Waals surface area contributed by atoms with Crippen molar-refractivity contribution < 1.29 is 22.8 Å². The second-order valence-corrected chi connectivity index (χ2v) is 19.9. The Labute approximate surface area is 271 Å². The summed E-state index contributed by atoms with van der Waals surface area (Å²) in [4.78, 5) is 29.5. The molecule has 0 aromatic heterocycles. The maximum atomic E-state index is 13.6. The summed E-state index contributed by atoms with van der Waals surface area (Å²) in [7, 11) is -1.81. The summed E-state index contributed by atoms with van der Waals surface area (Å²) in [5.74, 6) is -3.19. The van der Waals surface area contributed by atoms with Crippen LogP contribution in [0.4, 0.5) is 8.78 Å². The van der Waals surface area contributed by atoms with E-state index in [4.69, 9.17) is 27.6 Å². The number of rotatable bonds is 7. The van der Waals surface area contributed by atoms with Gasteiger partial charge in [-0.15, -0.1) is 0 Å². The Morgan fingerprint density at radius 2 is 1.59 bits per heavy atom. The Bertz CT molecular complexity index is 1360. The van der Waals surface area contributed by atoms with Crippen LogP contribution in [0.3, 0.4) is 0 Å². The van der Waals surface area contributed by atoms with E-state index in [2.05, 4.69) is 38.8 Å². The summed E-state index contributed by atoms with van der Waals surface area (Å²) < 4.78 is 33.8. The monoisotopic (exact) mass is 664 g/mol. The first-order valence-corrected chi connectivity index (χ1v) is 19.4.